The fourth-order valence-electron chi connectivity index (χ4n) is 1.64. The highest BCUT2D eigenvalue weighted by atomic mass is 16.5. The molecule has 1 aromatic rings. The number of ether oxygens (including phenoxy) is 1. The van der Waals surface area contributed by atoms with E-state index in [1.165, 1.54) is 6.33 Å². The first-order valence-corrected chi connectivity index (χ1v) is 5.58. The van der Waals surface area contributed by atoms with Gasteiger partial charge in [-0.1, -0.05) is 0 Å². The van der Waals surface area contributed by atoms with Gasteiger partial charge < -0.3 is 9.84 Å². The minimum absolute atomic E-state index is 0.309. The Labute approximate surface area is 96.5 Å². The summed E-state index contributed by atoms with van der Waals surface area (Å²) in [6, 6.07) is 0. The van der Waals surface area contributed by atoms with E-state index in [2.05, 4.69) is 10.1 Å². The molecule has 0 bridgehead atoms. The number of aliphatic hydroxyl groups excluding tert-OH is 1. The molecule has 0 spiro atoms. The molecule has 16 heavy (non-hydrogen) atoms. The smallest absolute Gasteiger partial charge is 0.138 e. The highest BCUT2D eigenvalue weighted by Crippen LogP contribution is 2.17. The Balaban J connectivity index is 2.54. The zero-order valence-corrected chi connectivity index (χ0v) is 10.5. The van der Waals surface area contributed by atoms with Crippen LogP contribution in [0.15, 0.2) is 6.33 Å². The number of nitrogens with zero attached hydrogens (tertiary/aromatic N) is 3. The summed E-state index contributed by atoms with van der Waals surface area (Å²) in [6.07, 6.45) is 2.16. The molecule has 1 atom stereocenters. The molecule has 0 saturated heterocycles. The van der Waals surface area contributed by atoms with E-state index in [0.717, 1.165) is 12.4 Å². The molecule has 0 fully saturated rings. The van der Waals surface area contributed by atoms with Gasteiger partial charge in [-0.05, 0) is 20.8 Å². The summed E-state index contributed by atoms with van der Waals surface area (Å²) in [6.45, 7) is 6.70. The Bertz CT molecular complexity index is 323. The molecule has 1 unspecified atom stereocenters. The lowest BCUT2D eigenvalue weighted by molar-refractivity contribution is -0.0196. The third-order valence-corrected chi connectivity index (χ3v) is 2.69. The van der Waals surface area contributed by atoms with E-state index in [1.807, 2.05) is 20.8 Å². The van der Waals surface area contributed by atoms with Gasteiger partial charge in [0.05, 0.1) is 11.7 Å². The van der Waals surface area contributed by atoms with Crippen molar-refractivity contribution in [2.45, 2.75) is 51.9 Å². The average molecular weight is 227 g/mol. The molecule has 0 aliphatic carbocycles. The number of hydrogen-bond acceptors (Lipinski definition) is 4. The molecular formula is C11H21N3O2. The number of aliphatic hydroxyl groups is 1. The third-order valence-electron chi connectivity index (χ3n) is 2.69. The zero-order chi connectivity index (χ0) is 12.2. The van der Waals surface area contributed by atoms with Crippen LogP contribution in [-0.2, 0) is 17.7 Å². The lowest BCUT2D eigenvalue weighted by atomic mass is 9.98. The van der Waals surface area contributed by atoms with Crippen molar-refractivity contribution in [3.8, 4) is 0 Å². The molecule has 0 aliphatic rings. The van der Waals surface area contributed by atoms with E-state index in [1.54, 1.807) is 11.8 Å². The Hall–Kier alpha value is -0.940. The molecule has 0 radical (unpaired) electrons. The van der Waals surface area contributed by atoms with Gasteiger partial charge in [-0.15, -0.1) is 0 Å². The second kappa shape index (κ2) is 5.41. The average Bonchev–Trinajstić information content (AvgIpc) is 2.64. The van der Waals surface area contributed by atoms with Crippen LogP contribution in [0.4, 0.5) is 0 Å². The van der Waals surface area contributed by atoms with E-state index >= 15 is 0 Å². The van der Waals surface area contributed by atoms with Crippen molar-refractivity contribution in [2.75, 3.05) is 7.11 Å². The van der Waals surface area contributed by atoms with E-state index in [4.69, 9.17) is 4.74 Å². The fourth-order valence-corrected chi connectivity index (χ4v) is 1.64. The van der Waals surface area contributed by atoms with Crippen molar-refractivity contribution in [1.82, 2.24) is 14.8 Å². The summed E-state index contributed by atoms with van der Waals surface area (Å²) in [7, 11) is 1.65. The predicted octanol–water partition coefficient (Wildman–Crippen LogP) is 1.02. The standard InChI is InChI=1S/C11H21N3O2/c1-5-14-10(12-8-13-14)6-9(15)7-11(2,3)16-4/h8-9,15H,5-7H2,1-4H3. The fraction of sp³-hybridized carbons (Fsp3) is 0.818. The maximum atomic E-state index is 9.95. The number of methoxy groups -OCH3 is 1. The Kier molecular flexibility index (Phi) is 4.44. The molecule has 5 nitrogen and oxygen atoms in total. The summed E-state index contributed by atoms with van der Waals surface area (Å²) < 4.78 is 7.08. The Morgan fingerprint density at radius 2 is 2.25 bits per heavy atom. The van der Waals surface area contributed by atoms with E-state index < -0.39 is 6.10 Å². The summed E-state index contributed by atoms with van der Waals surface area (Å²) >= 11 is 0. The molecule has 5 heteroatoms. The molecule has 1 N–H and O–H groups in total. The first kappa shape index (κ1) is 13.1. The van der Waals surface area contributed by atoms with Crippen molar-refractivity contribution in [2.24, 2.45) is 0 Å². The highest BCUT2D eigenvalue weighted by molar-refractivity contribution is 4.89. The van der Waals surface area contributed by atoms with Crippen LogP contribution in [0.1, 0.15) is 33.0 Å². The van der Waals surface area contributed by atoms with Crippen LogP contribution in [0.3, 0.4) is 0 Å². The van der Waals surface area contributed by atoms with Crippen LogP contribution in [0, 0.1) is 0 Å². The summed E-state index contributed by atoms with van der Waals surface area (Å²) in [5.74, 6) is 0.821. The van der Waals surface area contributed by atoms with E-state index in [-0.39, 0.29) is 5.60 Å². The van der Waals surface area contributed by atoms with Crippen LogP contribution in [-0.4, -0.2) is 38.7 Å². The largest absolute Gasteiger partial charge is 0.393 e. The molecule has 0 saturated carbocycles. The van der Waals surface area contributed by atoms with Gasteiger partial charge in [-0.2, -0.15) is 5.10 Å². The van der Waals surface area contributed by atoms with Gasteiger partial charge in [-0.3, -0.25) is 4.68 Å². The van der Waals surface area contributed by atoms with Gasteiger partial charge >= 0.3 is 0 Å². The van der Waals surface area contributed by atoms with Gasteiger partial charge in [0.25, 0.3) is 0 Å². The van der Waals surface area contributed by atoms with Crippen molar-refractivity contribution in [3.63, 3.8) is 0 Å². The predicted molar refractivity (Wildman–Crippen MR) is 61.1 cm³/mol. The first-order valence-electron chi connectivity index (χ1n) is 5.58. The van der Waals surface area contributed by atoms with Gasteiger partial charge in [0.2, 0.25) is 0 Å². The first-order chi connectivity index (χ1) is 7.48. The normalized spacial score (nSPS) is 14.1. The highest BCUT2D eigenvalue weighted by Gasteiger charge is 2.22. The van der Waals surface area contributed by atoms with E-state index in [0.29, 0.717) is 12.8 Å². The quantitative estimate of drug-likeness (QED) is 0.788. The molecule has 0 aliphatic heterocycles. The Morgan fingerprint density at radius 3 is 2.81 bits per heavy atom. The van der Waals surface area contributed by atoms with Crippen LogP contribution in [0.5, 0.6) is 0 Å². The maximum absolute atomic E-state index is 9.95. The second-order valence-corrected chi connectivity index (χ2v) is 4.52. The molecule has 0 aromatic carbocycles. The summed E-state index contributed by atoms with van der Waals surface area (Å²) in [4.78, 5) is 4.13. The lowest BCUT2D eigenvalue weighted by Gasteiger charge is -2.25. The molecule has 1 aromatic heterocycles. The van der Waals surface area contributed by atoms with Crippen LogP contribution < -0.4 is 0 Å². The van der Waals surface area contributed by atoms with Gasteiger partial charge in [-0.25, -0.2) is 4.98 Å². The van der Waals surface area contributed by atoms with Crippen molar-refractivity contribution in [1.29, 1.82) is 0 Å². The number of aryl methyl sites for hydroxylation is 1. The molecular weight excluding hydrogens is 206 g/mol. The summed E-state index contributed by atoms with van der Waals surface area (Å²) in [5, 5.41) is 14.0. The van der Waals surface area contributed by atoms with Crippen LogP contribution in [0.25, 0.3) is 0 Å². The van der Waals surface area contributed by atoms with Crippen LogP contribution in [0.2, 0.25) is 0 Å². The molecule has 0 amide bonds. The third kappa shape index (κ3) is 3.57. The zero-order valence-electron chi connectivity index (χ0n) is 10.5. The maximum Gasteiger partial charge on any atom is 0.138 e. The Morgan fingerprint density at radius 1 is 1.56 bits per heavy atom. The molecule has 1 heterocycles. The number of hydrogen-bond donors (Lipinski definition) is 1. The summed E-state index contributed by atoms with van der Waals surface area (Å²) in [5.41, 5.74) is -0.309. The number of rotatable bonds is 6. The SMILES string of the molecule is CCn1ncnc1CC(O)CC(C)(C)OC. The van der Waals surface area contributed by atoms with Crippen molar-refractivity contribution >= 4 is 0 Å². The van der Waals surface area contributed by atoms with Crippen LogP contribution >= 0.6 is 0 Å². The van der Waals surface area contributed by atoms with Crippen molar-refractivity contribution < 1.29 is 9.84 Å². The second-order valence-electron chi connectivity index (χ2n) is 4.52. The number of aromatic nitrogens is 3. The lowest BCUT2D eigenvalue weighted by Crippen LogP contribution is -2.30. The van der Waals surface area contributed by atoms with Gasteiger partial charge in [0.1, 0.15) is 12.2 Å². The van der Waals surface area contributed by atoms with Gasteiger partial charge in [0, 0.05) is 26.5 Å². The molecule has 1 rings (SSSR count). The minimum atomic E-state index is -0.454. The monoisotopic (exact) mass is 227 g/mol. The van der Waals surface area contributed by atoms with Gasteiger partial charge in [0.15, 0.2) is 0 Å². The molecule has 92 valence electrons. The van der Waals surface area contributed by atoms with Crippen molar-refractivity contribution in [3.05, 3.63) is 12.2 Å². The minimum Gasteiger partial charge on any atom is -0.393 e. The van der Waals surface area contributed by atoms with E-state index in [9.17, 15) is 5.11 Å². The topological polar surface area (TPSA) is 60.2 Å².